The number of hydrogen-bond acceptors (Lipinski definition) is 2. The highest BCUT2D eigenvalue weighted by molar-refractivity contribution is 5.79. The summed E-state index contributed by atoms with van der Waals surface area (Å²) in [6.45, 7) is 8.39. The molecule has 0 aromatic carbocycles. The maximum Gasteiger partial charge on any atom is 0.278 e. The molecule has 0 aromatic rings. The molecular weight excluding hydrogens is 290 g/mol. The largest absolute Gasteiger partial charge is 0.376 e. The van der Waals surface area contributed by atoms with Gasteiger partial charge in [-0.15, -0.1) is 0 Å². The summed E-state index contributed by atoms with van der Waals surface area (Å²) in [6.07, 6.45) is 9.58. The van der Waals surface area contributed by atoms with E-state index in [9.17, 15) is 4.79 Å². The third kappa shape index (κ3) is 4.68. The van der Waals surface area contributed by atoms with Crippen molar-refractivity contribution >= 4 is 5.91 Å². The highest BCUT2D eigenvalue weighted by Crippen LogP contribution is 2.15. The lowest BCUT2D eigenvalue weighted by Gasteiger charge is -2.37. The van der Waals surface area contributed by atoms with Crippen LogP contribution in [0.5, 0.6) is 0 Å². The van der Waals surface area contributed by atoms with E-state index in [0.29, 0.717) is 6.54 Å². The lowest BCUT2D eigenvalue weighted by molar-refractivity contribution is -1.03. The number of quaternary nitrogens is 2. The molecule has 0 unspecified atom stereocenters. The van der Waals surface area contributed by atoms with Crippen molar-refractivity contribution in [3.05, 3.63) is 0 Å². The first-order valence-corrected chi connectivity index (χ1v) is 9.82. The molecule has 2 heterocycles. The number of piperazine rings is 1. The van der Waals surface area contributed by atoms with E-state index in [1.54, 1.807) is 4.90 Å². The van der Waals surface area contributed by atoms with Gasteiger partial charge in [0.1, 0.15) is 26.2 Å². The Balaban J connectivity index is 1.38. The van der Waals surface area contributed by atoms with E-state index < -0.39 is 0 Å². The lowest BCUT2D eigenvalue weighted by Crippen LogP contribution is -3.31. The average Bonchev–Trinajstić information content (AvgIpc) is 3.13. The van der Waals surface area contributed by atoms with Crippen LogP contribution < -0.4 is 15.1 Å². The van der Waals surface area contributed by atoms with Crippen LogP contribution in [0.3, 0.4) is 0 Å². The van der Waals surface area contributed by atoms with E-state index in [-0.39, 0.29) is 18.1 Å². The van der Waals surface area contributed by atoms with E-state index >= 15 is 0 Å². The van der Waals surface area contributed by atoms with Crippen LogP contribution in [0.2, 0.25) is 0 Å². The van der Waals surface area contributed by atoms with Gasteiger partial charge in [0, 0.05) is 13.2 Å². The summed E-state index contributed by atoms with van der Waals surface area (Å²) in [4.78, 5) is 15.7. The van der Waals surface area contributed by atoms with E-state index in [1.165, 1.54) is 50.1 Å². The molecule has 3 rings (SSSR count). The fourth-order valence-electron chi connectivity index (χ4n) is 4.60. The number of ether oxygens (including phenoxy) is 1. The summed E-state index contributed by atoms with van der Waals surface area (Å²) in [5, 5.41) is 3.10. The van der Waals surface area contributed by atoms with Gasteiger partial charge in [-0.2, -0.15) is 0 Å². The van der Waals surface area contributed by atoms with Crippen molar-refractivity contribution in [2.24, 2.45) is 0 Å². The smallest absolute Gasteiger partial charge is 0.278 e. The second-order valence-corrected chi connectivity index (χ2v) is 7.75. The monoisotopic (exact) mass is 325 g/mol. The van der Waals surface area contributed by atoms with Gasteiger partial charge in [-0.3, -0.25) is 4.79 Å². The number of nitrogens with one attached hydrogen (secondary N) is 3. The molecule has 0 spiro atoms. The van der Waals surface area contributed by atoms with Crippen molar-refractivity contribution in [1.29, 1.82) is 0 Å². The number of carbonyl (C=O) groups is 1. The van der Waals surface area contributed by atoms with Crippen LogP contribution in [0.4, 0.5) is 0 Å². The Labute approximate surface area is 140 Å². The minimum absolute atomic E-state index is 0.0734. The summed E-state index contributed by atoms with van der Waals surface area (Å²) >= 11 is 0. The molecule has 3 aliphatic rings. The third-order valence-electron chi connectivity index (χ3n) is 6.25. The van der Waals surface area contributed by atoms with Gasteiger partial charge < -0.3 is 19.9 Å². The van der Waals surface area contributed by atoms with Crippen LogP contribution in [0, 0.1) is 0 Å². The van der Waals surface area contributed by atoms with E-state index in [1.807, 2.05) is 0 Å². The van der Waals surface area contributed by atoms with Gasteiger partial charge in [-0.05, 0) is 45.4 Å². The van der Waals surface area contributed by atoms with Gasteiger partial charge in [0.05, 0.1) is 12.1 Å². The zero-order chi connectivity index (χ0) is 16.1. The molecule has 3 fully saturated rings. The number of hydrogen-bond donors (Lipinski definition) is 3. The Morgan fingerprint density at radius 2 is 1.83 bits per heavy atom. The van der Waals surface area contributed by atoms with Gasteiger partial charge in [0.25, 0.3) is 5.91 Å². The third-order valence-corrected chi connectivity index (χ3v) is 6.25. The summed E-state index contributed by atoms with van der Waals surface area (Å²) in [5.41, 5.74) is 0. The van der Waals surface area contributed by atoms with Gasteiger partial charge in [-0.1, -0.05) is 6.42 Å². The first-order chi connectivity index (χ1) is 11.2. The Hall–Kier alpha value is -0.650. The summed E-state index contributed by atoms with van der Waals surface area (Å²) in [5.74, 6) is 0.205. The Morgan fingerprint density at radius 3 is 2.48 bits per heavy atom. The molecule has 132 valence electrons. The van der Waals surface area contributed by atoms with Crippen molar-refractivity contribution in [3.8, 4) is 0 Å². The Kier molecular flexibility index (Phi) is 6.31. The molecule has 2 saturated heterocycles. The maximum atomic E-state index is 12.4. The topological polar surface area (TPSA) is 47.2 Å². The number of amides is 1. The predicted molar refractivity (Wildman–Crippen MR) is 89.7 cm³/mol. The van der Waals surface area contributed by atoms with Gasteiger partial charge in [-0.25, -0.2) is 0 Å². The minimum atomic E-state index is 0.0734. The molecule has 1 aliphatic carbocycles. The first kappa shape index (κ1) is 17.2. The summed E-state index contributed by atoms with van der Waals surface area (Å²) in [7, 11) is 0. The molecule has 2 aliphatic heterocycles. The van der Waals surface area contributed by atoms with Crippen molar-refractivity contribution < 1.29 is 19.3 Å². The van der Waals surface area contributed by atoms with Crippen molar-refractivity contribution in [2.75, 3.05) is 39.3 Å². The molecule has 1 amide bonds. The highest BCUT2D eigenvalue weighted by Gasteiger charge is 2.34. The summed E-state index contributed by atoms with van der Waals surface area (Å²) < 4.78 is 5.58. The molecule has 3 N–H and O–H groups in total. The van der Waals surface area contributed by atoms with Gasteiger partial charge >= 0.3 is 0 Å². The van der Waals surface area contributed by atoms with Gasteiger partial charge in [0.15, 0.2) is 6.04 Å². The lowest BCUT2D eigenvalue weighted by atomic mass is 9.94. The molecular formula is C18H35N3O2+2. The van der Waals surface area contributed by atoms with Crippen LogP contribution in [0.1, 0.15) is 51.9 Å². The second kappa shape index (κ2) is 8.45. The van der Waals surface area contributed by atoms with Gasteiger partial charge in [0.2, 0.25) is 0 Å². The fraction of sp³-hybridized carbons (Fsp3) is 0.944. The SMILES string of the molecule is C[C@H](C(=O)NC[C@H]1CCCO1)[NH+]1CC[NH+](C2CCCCC2)CC1. The molecule has 5 nitrogen and oxygen atoms in total. The van der Waals surface area contributed by atoms with Crippen LogP contribution in [0.15, 0.2) is 0 Å². The molecule has 0 bridgehead atoms. The zero-order valence-electron chi connectivity index (χ0n) is 14.7. The molecule has 2 atom stereocenters. The maximum absolute atomic E-state index is 12.4. The van der Waals surface area contributed by atoms with E-state index in [0.717, 1.165) is 38.6 Å². The van der Waals surface area contributed by atoms with Crippen LogP contribution in [0.25, 0.3) is 0 Å². The number of carbonyl (C=O) groups excluding carboxylic acids is 1. The molecule has 5 heteroatoms. The highest BCUT2D eigenvalue weighted by atomic mass is 16.5. The van der Waals surface area contributed by atoms with Crippen molar-refractivity contribution in [2.45, 2.75) is 70.1 Å². The minimum Gasteiger partial charge on any atom is -0.376 e. The Morgan fingerprint density at radius 1 is 1.09 bits per heavy atom. The fourth-order valence-corrected chi connectivity index (χ4v) is 4.60. The average molecular weight is 325 g/mol. The predicted octanol–water partition coefficient (Wildman–Crippen LogP) is -1.21. The normalized spacial score (nSPS) is 34.2. The molecule has 0 radical (unpaired) electrons. The second-order valence-electron chi connectivity index (χ2n) is 7.75. The van der Waals surface area contributed by atoms with Crippen LogP contribution >= 0.6 is 0 Å². The molecule has 0 aromatic heterocycles. The number of rotatable bonds is 5. The van der Waals surface area contributed by atoms with Crippen molar-refractivity contribution in [1.82, 2.24) is 5.32 Å². The van der Waals surface area contributed by atoms with E-state index in [2.05, 4.69) is 12.2 Å². The van der Waals surface area contributed by atoms with E-state index in [4.69, 9.17) is 4.74 Å². The van der Waals surface area contributed by atoms with Crippen LogP contribution in [-0.4, -0.2) is 63.4 Å². The molecule has 23 heavy (non-hydrogen) atoms. The molecule has 1 saturated carbocycles. The van der Waals surface area contributed by atoms with Crippen LogP contribution in [-0.2, 0) is 9.53 Å². The Bertz CT molecular complexity index is 370. The summed E-state index contributed by atoms with van der Waals surface area (Å²) in [6, 6.07) is 0.971. The first-order valence-electron chi connectivity index (χ1n) is 9.82. The standard InChI is InChI=1S/C18H33N3O2/c1-15(18(22)19-14-17-8-5-13-23-17)20-9-11-21(12-10-20)16-6-3-2-4-7-16/h15-17H,2-14H2,1H3,(H,19,22)/p+2/t15-,17-/m1/s1. The van der Waals surface area contributed by atoms with Crippen molar-refractivity contribution in [3.63, 3.8) is 0 Å². The zero-order valence-corrected chi connectivity index (χ0v) is 14.7. The quantitative estimate of drug-likeness (QED) is 0.594.